The normalized spacial score (nSPS) is 18.1. The summed E-state index contributed by atoms with van der Waals surface area (Å²) < 4.78 is 27.7. The van der Waals surface area contributed by atoms with Crippen LogP contribution in [0.15, 0.2) is 47.4 Å². The highest BCUT2D eigenvalue weighted by molar-refractivity contribution is 7.89. The Hall–Kier alpha value is -1.96. The van der Waals surface area contributed by atoms with Gasteiger partial charge in [-0.2, -0.15) is 4.31 Å². The Bertz CT molecular complexity index is 958. The van der Waals surface area contributed by atoms with Gasteiger partial charge in [-0.25, -0.2) is 8.42 Å². The second-order valence-corrected chi connectivity index (χ2v) is 10.5. The third-order valence-electron chi connectivity index (χ3n) is 5.23. The first-order valence-corrected chi connectivity index (χ1v) is 11.2. The van der Waals surface area contributed by atoms with Crippen LogP contribution in [-0.4, -0.2) is 56.4 Å². The Morgan fingerprint density at radius 2 is 1.68 bits per heavy atom. The highest BCUT2D eigenvalue weighted by Gasteiger charge is 2.35. The number of quaternary nitrogens is 1. The van der Waals surface area contributed by atoms with Gasteiger partial charge in [0.2, 0.25) is 10.0 Å². The average molecular weight is 405 g/mol. The monoisotopic (exact) mass is 404 g/mol. The number of fused-ring (bicyclic) bond motifs is 1. The van der Waals surface area contributed by atoms with Gasteiger partial charge in [-0.15, -0.1) is 0 Å². The van der Waals surface area contributed by atoms with E-state index in [1.807, 2.05) is 58.0 Å². The van der Waals surface area contributed by atoms with Crippen molar-refractivity contribution in [3.05, 3.63) is 42.5 Å². The fourth-order valence-corrected chi connectivity index (χ4v) is 5.06. The maximum atomic E-state index is 13.1. The molecule has 1 fully saturated rings. The molecule has 0 bridgehead atoms. The fraction of sp³-hybridized carbons (Fsp3) is 0.476. The van der Waals surface area contributed by atoms with Gasteiger partial charge in [0, 0.05) is 5.54 Å². The third-order valence-corrected chi connectivity index (χ3v) is 7.12. The summed E-state index contributed by atoms with van der Waals surface area (Å²) >= 11 is 0. The minimum Gasteiger partial charge on any atom is -0.346 e. The second kappa shape index (κ2) is 7.81. The molecule has 0 spiro atoms. The van der Waals surface area contributed by atoms with Crippen LogP contribution >= 0.6 is 0 Å². The van der Waals surface area contributed by atoms with Crippen LogP contribution in [0.2, 0.25) is 0 Å². The summed E-state index contributed by atoms with van der Waals surface area (Å²) in [5.41, 5.74) is -0.272. The number of nitrogens with zero attached hydrogens (tertiary/aromatic N) is 1. The Morgan fingerprint density at radius 1 is 1.07 bits per heavy atom. The predicted molar refractivity (Wildman–Crippen MR) is 111 cm³/mol. The highest BCUT2D eigenvalue weighted by Crippen LogP contribution is 2.21. The lowest BCUT2D eigenvalue weighted by Gasteiger charge is -2.35. The summed E-state index contributed by atoms with van der Waals surface area (Å²) in [5, 5.41) is 4.95. The first-order chi connectivity index (χ1) is 13.1. The van der Waals surface area contributed by atoms with Crippen LogP contribution < -0.4 is 10.2 Å². The highest BCUT2D eigenvalue weighted by atomic mass is 32.2. The molecule has 0 saturated carbocycles. The molecule has 1 atom stereocenters. The van der Waals surface area contributed by atoms with Gasteiger partial charge in [-0.1, -0.05) is 30.3 Å². The molecule has 7 heteroatoms. The van der Waals surface area contributed by atoms with Crippen molar-refractivity contribution in [1.82, 2.24) is 9.62 Å². The molecule has 0 aromatic heterocycles. The smallest absolute Gasteiger partial charge is 0.278 e. The van der Waals surface area contributed by atoms with Gasteiger partial charge >= 0.3 is 0 Å². The molecule has 1 saturated heterocycles. The molecule has 1 aliphatic heterocycles. The van der Waals surface area contributed by atoms with Crippen LogP contribution in [0.25, 0.3) is 10.8 Å². The molecule has 2 aromatic rings. The number of nitrogens with one attached hydrogen (secondary N) is 2. The standard InChI is InChI=1S/C21H29N3O3S/c1-16(20(25)22-21(2,3)4)23-11-13-24(14-12-23)28(26,27)19-10-9-17-7-5-6-8-18(17)15-19/h5-10,15-16H,11-14H2,1-4H3,(H,22,25)/p+1/t16-/m0/s1. The van der Waals surface area contributed by atoms with Crippen molar-refractivity contribution in [2.24, 2.45) is 0 Å². The maximum Gasteiger partial charge on any atom is 0.278 e. The quantitative estimate of drug-likeness (QED) is 0.800. The van der Waals surface area contributed by atoms with Crippen LogP contribution in [0.3, 0.4) is 0 Å². The van der Waals surface area contributed by atoms with E-state index >= 15 is 0 Å². The molecule has 0 radical (unpaired) electrons. The van der Waals surface area contributed by atoms with Gasteiger partial charge in [0.15, 0.2) is 6.04 Å². The van der Waals surface area contributed by atoms with E-state index in [4.69, 9.17) is 0 Å². The average Bonchev–Trinajstić information content (AvgIpc) is 2.65. The zero-order valence-corrected chi connectivity index (χ0v) is 17.8. The number of sulfonamides is 1. The molecule has 0 aliphatic carbocycles. The summed E-state index contributed by atoms with van der Waals surface area (Å²) in [6.45, 7) is 9.85. The zero-order valence-electron chi connectivity index (χ0n) is 17.0. The van der Waals surface area contributed by atoms with Crippen LogP contribution in [0, 0.1) is 0 Å². The number of hydrogen-bond donors (Lipinski definition) is 2. The summed E-state index contributed by atoms with van der Waals surface area (Å²) in [6.07, 6.45) is 0. The van der Waals surface area contributed by atoms with Crippen molar-refractivity contribution < 1.29 is 18.1 Å². The Morgan fingerprint density at radius 3 is 2.29 bits per heavy atom. The van der Waals surface area contributed by atoms with E-state index in [1.165, 1.54) is 4.31 Å². The minimum absolute atomic E-state index is 0.00772. The van der Waals surface area contributed by atoms with E-state index < -0.39 is 10.0 Å². The number of amides is 1. The lowest BCUT2D eigenvalue weighted by atomic mass is 10.1. The molecular weight excluding hydrogens is 374 g/mol. The molecular formula is C21H30N3O3S+. The summed E-state index contributed by atoms with van der Waals surface area (Å²) in [7, 11) is -3.53. The third kappa shape index (κ3) is 4.54. The second-order valence-electron chi connectivity index (χ2n) is 8.53. The number of benzene rings is 2. The summed E-state index contributed by atoms with van der Waals surface area (Å²) in [4.78, 5) is 13.9. The first-order valence-electron chi connectivity index (χ1n) is 9.73. The van der Waals surface area contributed by atoms with E-state index in [0.717, 1.165) is 15.7 Å². The number of hydrogen-bond acceptors (Lipinski definition) is 3. The van der Waals surface area contributed by atoms with Crippen LogP contribution in [0.1, 0.15) is 27.7 Å². The molecule has 0 unspecified atom stereocenters. The molecule has 6 nitrogen and oxygen atoms in total. The topological polar surface area (TPSA) is 70.9 Å². The number of piperazine rings is 1. The molecule has 152 valence electrons. The maximum absolute atomic E-state index is 13.1. The van der Waals surface area contributed by atoms with Gasteiger partial charge in [0.25, 0.3) is 5.91 Å². The minimum atomic E-state index is -3.53. The number of rotatable bonds is 4. The van der Waals surface area contributed by atoms with Crippen molar-refractivity contribution >= 4 is 26.7 Å². The lowest BCUT2D eigenvalue weighted by Crippen LogP contribution is -3.19. The predicted octanol–water partition coefficient (Wildman–Crippen LogP) is 1.03. The SMILES string of the molecule is C[C@@H](C(=O)NC(C)(C)C)[NH+]1CCN(S(=O)(=O)c2ccc3ccccc3c2)CC1. The Balaban J connectivity index is 1.68. The van der Waals surface area contributed by atoms with Gasteiger partial charge in [-0.3, -0.25) is 4.79 Å². The van der Waals surface area contributed by atoms with Gasteiger partial charge in [-0.05, 0) is 50.6 Å². The molecule has 3 rings (SSSR count). The van der Waals surface area contributed by atoms with Crippen LogP contribution in [0.5, 0.6) is 0 Å². The summed E-state index contributed by atoms with van der Waals surface area (Å²) in [5.74, 6) is 0.00772. The summed E-state index contributed by atoms with van der Waals surface area (Å²) in [6, 6.07) is 12.8. The molecule has 1 aliphatic rings. The lowest BCUT2D eigenvalue weighted by molar-refractivity contribution is -0.917. The molecule has 1 heterocycles. The van der Waals surface area contributed by atoms with Crippen LogP contribution in [0.4, 0.5) is 0 Å². The molecule has 2 aromatic carbocycles. The van der Waals surface area contributed by atoms with Crippen molar-refractivity contribution in [2.45, 2.75) is 44.2 Å². The van der Waals surface area contributed by atoms with Crippen LogP contribution in [-0.2, 0) is 14.8 Å². The van der Waals surface area contributed by atoms with E-state index in [1.54, 1.807) is 12.1 Å². The van der Waals surface area contributed by atoms with Crippen molar-refractivity contribution in [3.63, 3.8) is 0 Å². The largest absolute Gasteiger partial charge is 0.346 e. The Kier molecular flexibility index (Phi) is 5.79. The zero-order chi connectivity index (χ0) is 20.5. The molecule has 28 heavy (non-hydrogen) atoms. The first kappa shape index (κ1) is 20.8. The van der Waals surface area contributed by atoms with Crippen molar-refractivity contribution in [3.8, 4) is 0 Å². The molecule has 2 N–H and O–H groups in total. The number of carbonyl (C=O) groups is 1. The van der Waals surface area contributed by atoms with E-state index in [2.05, 4.69) is 5.32 Å². The van der Waals surface area contributed by atoms with E-state index in [9.17, 15) is 13.2 Å². The Labute approximate surface area is 167 Å². The van der Waals surface area contributed by atoms with Crippen molar-refractivity contribution in [1.29, 1.82) is 0 Å². The van der Waals surface area contributed by atoms with Gasteiger partial charge in [0.1, 0.15) is 0 Å². The van der Waals surface area contributed by atoms with Crippen molar-refractivity contribution in [2.75, 3.05) is 26.2 Å². The van der Waals surface area contributed by atoms with Gasteiger partial charge < -0.3 is 10.2 Å². The molecule has 1 amide bonds. The number of carbonyl (C=O) groups excluding carboxylic acids is 1. The van der Waals surface area contributed by atoms with E-state index in [-0.39, 0.29) is 17.5 Å². The van der Waals surface area contributed by atoms with E-state index in [0.29, 0.717) is 31.1 Å². The fourth-order valence-electron chi connectivity index (χ4n) is 3.59. The van der Waals surface area contributed by atoms with Gasteiger partial charge in [0.05, 0.1) is 31.1 Å².